The molecule has 1 aromatic rings. The Morgan fingerprint density at radius 3 is 2.82 bits per heavy atom. The molecule has 0 amide bonds. The summed E-state index contributed by atoms with van der Waals surface area (Å²) in [4.78, 5) is 25.8. The molecule has 1 aliphatic carbocycles. The van der Waals surface area contributed by atoms with Crippen molar-refractivity contribution in [3.05, 3.63) is 39.3 Å². The molecule has 0 saturated heterocycles. The van der Waals surface area contributed by atoms with Gasteiger partial charge in [-0.25, -0.2) is 4.79 Å². The van der Waals surface area contributed by atoms with Gasteiger partial charge in [0.2, 0.25) is 5.43 Å². The van der Waals surface area contributed by atoms with Crippen molar-refractivity contribution in [2.24, 2.45) is 5.92 Å². The van der Waals surface area contributed by atoms with Crippen LogP contribution < -0.4 is 5.43 Å². The standard InChI is InChI=1S/C12H13NO4/c1-6-3-4-8-9(11(6)17-2)10(14)7(5-13-8)12(15)16/h3-6,11H,1-2H3,(H,13,14)(H,15,16). The number of aromatic nitrogens is 1. The van der Waals surface area contributed by atoms with E-state index in [9.17, 15) is 9.59 Å². The number of nitrogens with one attached hydrogen (secondary N) is 1. The number of aromatic amines is 1. The molecule has 2 unspecified atom stereocenters. The van der Waals surface area contributed by atoms with Gasteiger partial charge in [-0.3, -0.25) is 4.79 Å². The van der Waals surface area contributed by atoms with Gasteiger partial charge in [-0.2, -0.15) is 0 Å². The van der Waals surface area contributed by atoms with Crippen LogP contribution in [0, 0.1) is 5.92 Å². The molecule has 17 heavy (non-hydrogen) atoms. The molecule has 0 saturated carbocycles. The molecule has 0 aliphatic heterocycles. The highest BCUT2D eigenvalue weighted by molar-refractivity contribution is 5.87. The molecule has 0 fully saturated rings. The van der Waals surface area contributed by atoms with E-state index in [1.165, 1.54) is 13.3 Å². The van der Waals surface area contributed by atoms with Crippen molar-refractivity contribution in [1.82, 2.24) is 4.98 Å². The Labute approximate surface area is 97.7 Å². The lowest BCUT2D eigenvalue weighted by Crippen LogP contribution is -2.28. The average molecular weight is 235 g/mol. The van der Waals surface area contributed by atoms with Crippen molar-refractivity contribution in [1.29, 1.82) is 0 Å². The molecule has 0 radical (unpaired) electrons. The van der Waals surface area contributed by atoms with Gasteiger partial charge in [-0.1, -0.05) is 13.0 Å². The first-order valence-corrected chi connectivity index (χ1v) is 5.26. The summed E-state index contributed by atoms with van der Waals surface area (Å²) in [5.74, 6) is -1.19. The highest BCUT2D eigenvalue weighted by Crippen LogP contribution is 2.31. The fourth-order valence-corrected chi connectivity index (χ4v) is 2.08. The van der Waals surface area contributed by atoms with Gasteiger partial charge in [0.05, 0.1) is 11.7 Å². The van der Waals surface area contributed by atoms with E-state index in [1.807, 2.05) is 13.0 Å². The Kier molecular flexibility index (Phi) is 2.85. The summed E-state index contributed by atoms with van der Waals surface area (Å²) in [5.41, 5.74) is 0.273. The van der Waals surface area contributed by atoms with Gasteiger partial charge in [0.15, 0.2) is 0 Å². The summed E-state index contributed by atoms with van der Waals surface area (Å²) in [6, 6.07) is 0. The Morgan fingerprint density at radius 2 is 2.24 bits per heavy atom. The van der Waals surface area contributed by atoms with Gasteiger partial charge in [0, 0.05) is 24.9 Å². The van der Waals surface area contributed by atoms with Crippen molar-refractivity contribution in [2.45, 2.75) is 13.0 Å². The van der Waals surface area contributed by atoms with Crippen LogP contribution in [0.25, 0.3) is 6.08 Å². The summed E-state index contributed by atoms with van der Waals surface area (Å²) in [6.07, 6.45) is 4.52. The van der Waals surface area contributed by atoms with Crippen molar-refractivity contribution < 1.29 is 14.6 Å². The summed E-state index contributed by atoms with van der Waals surface area (Å²) in [6.45, 7) is 1.92. The Morgan fingerprint density at radius 1 is 1.53 bits per heavy atom. The SMILES string of the molecule is COC1c2c([nH]cc(C(=O)O)c2=O)C=CC1C. The van der Waals surface area contributed by atoms with Crippen molar-refractivity contribution >= 4 is 12.0 Å². The van der Waals surface area contributed by atoms with Crippen molar-refractivity contribution in [2.75, 3.05) is 7.11 Å². The molecule has 1 aromatic heterocycles. The normalized spacial score (nSPS) is 22.2. The number of pyridine rings is 1. The van der Waals surface area contributed by atoms with E-state index in [4.69, 9.17) is 9.84 Å². The molecule has 0 aromatic carbocycles. The van der Waals surface area contributed by atoms with Crippen LogP contribution in [-0.2, 0) is 4.74 Å². The molecular weight excluding hydrogens is 222 g/mol. The molecular formula is C12H13NO4. The number of H-pyrrole nitrogens is 1. The predicted molar refractivity (Wildman–Crippen MR) is 62.0 cm³/mol. The number of carboxylic acid groups (broad SMARTS) is 1. The topological polar surface area (TPSA) is 79.4 Å². The molecule has 0 spiro atoms. The lowest BCUT2D eigenvalue weighted by molar-refractivity contribution is 0.0678. The second kappa shape index (κ2) is 4.18. The van der Waals surface area contributed by atoms with E-state index in [0.717, 1.165) is 0 Å². The second-order valence-corrected chi connectivity index (χ2v) is 4.04. The molecule has 2 atom stereocenters. The first kappa shape index (κ1) is 11.6. The van der Waals surface area contributed by atoms with Crippen LogP contribution in [0.15, 0.2) is 17.1 Å². The van der Waals surface area contributed by atoms with Gasteiger partial charge < -0.3 is 14.8 Å². The minimum absolute atomic E-state index is 0.0395. The summed E-state index contributed by atoms with van der Waals surface area (Å²) >= 11 is 0. The van der Waals surface area contributed by atoms with E-state index in [2.05, 4.69) is 4.98 Å². The van der Waals surface area contributed by atoms with Crippen LogP contribution in [0.5, 0.6) is 0 Å². The minimum Gasteiger partial charge on any atom is -0.477 e. The molecule has 5 heteroatoms. The van der Waals surface area contributed by atoms with Crippen LogP contribution in [-0.4, -0.2) is 23.2 Å². The second-order valence-electron chi connectivity index (χ2n) is 4.04. The number of carboxylic acids is 1. The van der Waals surface area contributed by atoms with Crippen LogP contribution >= 0.6 is 0 Å². The fraction of sp³-hybridized carbons (Fsp3) is 0.333. The Hall–Kier alpha value is -1.88. The molecule has 2 N–H and O–H groups in total. The quantitative estimate of drug-likeness (QED) is 0.812. The molecule has 0 bridgehead atoms. The smallest absolute Gasteiger partial charge is 0.341 e. The molecule has 1 heterocycles. The third-order valence-electron chi connectivity index (χ3n) is 2.96. The maximum Gasteiger partial charge on any atom is 0.341 e. The number of hydrogen-bond acceptors (Lipinski definition) is 3. The number of ether oxygens (including phenoxy) is 1. The third-order valence-corrected chi connectivity index (χ3v) is 2.96. The highest BCUT2D eigenvalue weighted by Gasteiger charge is 2.28. The first-order chi connectivity index (χ1) is 8.06. The van der Waals surface area contributed by atoms with Crippen LogP contribution in [0.4, 0.5) is 0 Å². The minimum atomic E-state index is -1.23. The van der Waals surface area contributed by atoms with E-state index >= 15 is 0 Å². The molecule has 90 valence electrons. The van der Waals surface area contributed by atoms with Gasteiger partial charge in [0.1, 0.15) is 5.56 Å². The largest absolute Gasteiger partial charge is 0.477 e. The van der Waals surface area contributed by atoms with E-state index in [-0.39, 0.29) is 11.5 Å². The lowest BCUT2D eigenvalue weighted by Gasteiger charge is -2.25. The number of carbonyl (C=O) groups is 1. The number of aromatic carboxylic acids is 1. The third kappa shape index (κ3) is 1.78. The predicted octanol–water partition coefficient (Wildman–Crippen LogP) is 1.42. The highest BCUT2D eigenvalue weighted by atomic mass is 16.5. The van der Waals surface area contributed by atoms with Gasteiger partial charge >= 0.3 is 5.97 Å². The fourth-order valence-electron chi connectivity index (χ4n) is 2.08. The lowest BCUT2D eigenvalue weighted by atomic mass is 9.89. The van der Waals surface area contributed by atoms with Crippen LogP contribution in [0.2, 0.25) is 0 Å². The Bertz CT molecular complexity index is 544. The summed E-state index contributed by atoms with van der Waals surface area (Å²) < 4.78 is 5.28. The molecule has 5 nitrogen and oxygen atoms in total. The zero-order chi connectivity index (χ0) is 12.6. The molecule has 1 aliphatic rings. The Balaban J connectivity index is 2.69. The maximum atomic E-state index is 12.1. The summed E-state index contributed by atoms with van der Waals surface area (Å²) in [5, 5.41) is 8.91. The zero-order valence-corrected chi connectivity index (χ0v) is 9.56. The first-order valence-electron chi connectivity index (χ1n) is 5.26. The number of methoxy groups -OCH3 is 1. The van der Waals surface area contributed by atoms with Crippen LogP contribution in [0.3, 0.4) is 0 Å². The summed E-state index contributed by atoms with van der Waals surface area (Å²) in [7, 11) is 1.51. The number of hydrogen-bond donors (Lipinski definition) is 2. The van der Waals surface area contributed by atoms with Gasteiger partial charge in [-0.15, -0.1) is 0 Å². The van der Waals surface area contributed by atoms with Gasteiger partial charge in [0.25, 0.3) is 0 Å². The number of fused-ring (bicyclic) bond motifs is 1. The average Bonchev–Trinajstić information content (AvgIpc) is 2.29. The maximum absolute atomic E-state index is 12.1. The monoisotopic (exact) mass is 235 g/mol. The van der Waals surface area contributed by atoms with Crippen molar-refractivity contribution in [3.63, 3.8) is 0 Å². The number of rotatable bonds is 2. The van der Waals surface area contributed by atoms with Gasteiger partial charge in [-0.05, 0) is 6.08 Å². The zero-order valence-electron chi connectivity index (χ0n) is 9.56. The van der Waals surface area contributed by atoms with E-state index in [1.54, 1.807) is 6.08 Å². The molecule has 2 rings (SSSR count). The van der Waals surface area contributed by atoms with E-state index in [0.29, 0.717) is 11.3 Å². The van der Waals surface area contributed by atoms with Crippen LogP contribution in [0.1, 0.15) is 34.6 Å². The van der Waals surface area contributed by atoms with Crippen molar-refractivity contribution in [3.8, 4) is 0 Å². The van der Waals surface area contributed by atoms with E-state index < -0.39 is 17.5 Å².